The van der Waals surface area contributed by atoms with E-state index >= 15 is 0 Å². The number of aromatic nitrogens is 1. The van der Waals surface area contributed by atoms with Crippen LogP contribution in [0.5, 0.6) is 23.0 Å². The number of fused-ring (bicyclic) bond motifs is 1. The summed E-state index contributed by atoms with van der Waals surface area (Å²) in [5.41, 5.74) is 1.76. The number of hydrogen-bond acceptors (Lipinski definition) is 10. The predicted molar refractivity (Wildman–Crippen MR) is 158 cm³/mol. The molecule has 3 aromatic rings. The van der Waals surface area contributed by atoms with E-state index < -0.39 is 12.0 Å². The maximum Gasteiger partial charge on any atom is 0.338 e. The maximum absolute atomic E-state index is 14.0. The van der Waals surface area contributed by atoms with Crippen molar-refractivity contribution in [3.8, 4) is 29.1 Å². The van der Waals surface area contributed by atoms with Gasteiger partial charge in [-0.25, -0.2) is 9.79 Å². The van der Waals surface area contributed by atoms with Gasteiger partial charge in [-0.2, -0.15) is 5.26 Å². The molecule has 1 aliphatic rings. The molecule has 0 radical (unpaired) electrons. The average molecular weight is 592 g/mol. The molecule has 42 heavy (non-hydrogen) atoms. The number of nitriles is 1. The van der Waals surface area contributed by atoms with Crippen LogP contribution >= 0.6 is 11.3 Å². The Kier molecular flexibility index (Phi) is 9.70. The molecule has 1 aromatic heterocycles. The molecule has 1 aliphatic heterocycles. The number of nitrogens with zero attached hydrogens (tertiary/aromatic N) is 3. The van der Waals surface area contributed by atoms with Crippen LogP contribution in [0.25, 0.3) is 6.08 Å². The lowest BCUT2D eigenvalue weighted by atomic mass is 9.95. The fourth-order valence-electron chi connectivity index (χ4n) is 4.58. The average Bonchev–Trinajstić information content (AvgIpc) is 3.26. The fourth-order valence-corrected chi connectivity index (χ4v) is 5.62. The number of ether oxygens (including phenoxy) is 5. The van der Waals surface area contributed by atoms with Gasteiger partial charge in [0.15, 0.2) is 34.4 Å². The van der Waals surface area contributed by atoms with Gasteiger partial charge in [-0.15, -0.1) is 0 Å². The van der Waals surface area contributed by atoms with E-state index in [1.54, 1.807) is 50.3 Å². The number of benzene rings is 2. The molecule has 1 atom stereocenters. The van der Waals surface area contributed by atoms with E-state index in [1.807, 2.05) is 32.9 Å². The highest BCUT2D eigenvalue weighted by atomic mass is 32.1. The van der Waals surface area contributed by atoms with Gasteiger partial charge in [-0.1, -0.05) is 23.5 Å². The predicted octanol–water partition coefficient (Wildman–Crippen LogP) is 3.90. The van der Waals surface area contributed by atoms with Gasteiger partial charge in [0.1, 0.15) is 6.07 Å². The van der Waals surface area contributed by atoms with Crippen LogP contribution in [0.1, 0.15) is 51.8 Å². The van der Waals surface area contributed by atoms with Crippen molar-refractivity contribution >= 4 is 23.4 Å². The molecule has 0 spiro atoms. The SMILES string of the molecule is CCOC(=O)C1=C(C)N=c2sc(=Cc3ccc(OCC#N)c(OCC)c3)c(=O)n2C1c1ccc(OC(C)C)c(OC)c1. The highest BCUT2D eigenvalue weighted by Gasteiger charge is 2.34. The van der Waals surface area contributed by atoms with E-state index in [4.69, 9.17) is 28.9 Å². The smallest absolute Gasteiger partial charge is 0.338 e. The third-order valence-corrected chi connectivity index (χ3v) is 7.22. The molecular weight excluding hydrogens is 558 g/mol. The van der Waals surface area contributed by atoms with Gasteiger partial charge in [-0.05, 0) is 76.1 Å². The van der Waals surface area contributed by atoms with Crippen molar-refractivity contribution < 1.29 is 28.5 Å². The maximum atomic E-state index is 14.0. The Bertz CT molecular complexity index is 1730. The van der Waals surface area contributed by atoms with Crippen LogP contribution in [0.2, 0.25) is 0 Å². The second-order valence-electron chi connectivity index (χ2n) is 9.47. The zero-order valence-electron chi connectivity index (χ0n) is 24.4. The molecule has 0 aliphatic carbocycles. The van der Waals surface area contributed by atoms with Gasteiger partial charge >= 0.3 is 5.97 Å². The summed E-state index contributed by atoms with van der Waals surface area (Å²) in [6.45, 7) is 9.60. The van der Waals surface area contributed by atoms with E-state index in [2.05, 4.69) is 4.99 Å². The first-order valence-corrected chi connectivity index (χ1v) is 14.3. The quantitative estimate of drug-likeness (QED) is 0.308. The Hall–Kier alpha value is -4.56. The summed E-state index contributed by atoms with van der Waals surface area (Å²) < 4.78 is 30.0. The largest absolute Gasteiger partial charge is 0.493 e. The van der Waals surface area contributed by atoms with Crippen LogP contribution in [0.15, 0.2) is 57.5 Å². The van der Waals surface area contributed by atoms with E-state index in [-0.39, 0.29) is 30.5 Å². The van der Waals surface area contributed by atoms with E-state index in [1.165, 1.54) is 23.0 Å². The molecule has 0 saturated carbocycles. The van der Waals surface area contributed by atoms with Gasteiger partial charge in [0.25, 0.3) is 5.56 Å². The number of hydrogen-bond donors (Lipinski definition) is 0. The Morgan fingerprint density at radius 1 is 1.10 bits per heavy atom. The number of esters is 1. The number of methoxy groups -OCH3 is 1. The molecule has 220 valence electrons. The zero-order valence-corrected chi connectivity index (χ0v) is 25.2. The second-order valence-corrected chi connectivity index (χ2v) is 10.5. The molecule has 10 nitrogen and oxygen atoms in total. The molecule has 0 bridgehead atoms. The van der Waals surface area contributed by atoms with Crippen LogP contribution in [-0.4, -0.2) is 43.6 Å². The summed E-state index contributed by atoms with van der Waals surface area (Å²) in [6.07, 6.45) is 1.66. The van der Waals surface area contributed by atoms with Crippen molar-refractivity contribution in [3.05, 3.63) is 78.5 Å². The van der Waals surface area contributed by atoms with Crippen LogP contribution in [-0.2, 0) is 9.53 Å². The number of allylic oxidation sites excluding steroid dienone is 1. The summed E-state index contributed by atoms with van der Waals surface area (Å²) in [5.74, 6) is 1.38. The summed E-state index contributed by atoms with van der Waals surface area (Å²) in [6, 6.07) is 11.7. The lowest BCUT2D eigenvalue weighted by Crippen LogP contribution is -2.40. The minimum atomic E-state index is -0.801. The monoisotopic (exact) mass is 591 g/mol. The Balaban J connectivity index is 1.89. The Morgan fingerprint density at radius 2 is 1.86 bits per heavy atom. The van der Waals surface area contributed by atoms with Gasteiger partial charge in [-0.3, -0.25) is 9.36 Å². The van der Waals surface area contributed by atoms with Crippen molar-refractivity contribution in [2.24, 2.45) is 4.99 Å². The molecule has 0 saturated heterocycles. The van der Waals surface area contributed by atoms with Crippen molar-refractivity contribution in [2.75, 3.05) is 26.9 Å². The molecule has 2 heterocycles. The van der Waals surface area contributed by atoms with Crippen molar-refractivity contribution in [1.82, 2.24) is 4.57 Å². The standard InChI is InChI=1S/C31H33N3O7S/c1-7-38-25-15-20(9-11-22(25)40-14-13-32)16-26-29(35)34-28(21-10-12-23(41-18(3)4)24(17-21)37-6)27(30(36)39-8-2)19(5)33-31(34)42-26/h9-12,15-18,28H,7-8,14H2,1-6H3. The third kappa shape index (κ3) is 6.34. The summed E-state index contributed by atoms with van der Waals surface area (Å²) in [4.78, 5) is 32.3. The molecule has 0 amide bonds. The number of thiazole rings is 1. The topological polar surface area (TPSA) is 121 Å². The second kappa shape index (κ2) is 13.4. The minimum absolute atomic E-state index is 0.0742. The number of carbonyl (C=O) groups is 1. The normalized spacial score (nSPS) is 14.6. The summed E-state index contributed by atoms with van der Waals surface area (Å²) in [7, 11) is 1.54. The first-order valence-electron chi connectivity index (χ1n) is 13.5. The molecule has 1 unspecified atom stereocenters. The van der Waals surface area contributed by atoms with Gasteiger partial charge < -0.3 is 23.7 Å². The first-order chi connectivity index (χ1) is 20.2. The van der Waals surface area contributed by atoms with Gasteiger partial charge in [0.05, 0.1) is 48.3 Å². The van der Waals surface area contributed by atoms with E-state index in [9.17, 15) is 9.59 Å². The van der Waals surface area contributed by atoms with Crippen molar-refractivity contribution in [3.63, 3.8) is 0 Å². The minimum Gasteiger partial charge on any atom is -0.493 e. The van der Waals surface area contributed by atoms with Crippen LogP contribution < -0.4 is 33.8 Å². The van der Waals surface area contributed by atoms with Crippen molar-refractivity contribution in [1.29, 1.82) is 5.26 Å². The lowest BCUT2D eigenvalue weighted by molar-refractivity contribution is -0.139. The van der Waals surface area contributed by atoms with Gasteiger partial charge in [0.2, 0.25) is 0 Å². The molecule has 4 rings (SSSR count). The molecule has 11 heteroatoms. The van der Waals surface area contributed by atoms with E-state index in [0.717, 1.165) is 0 Å². The van der Waals surface area contributed by atoms with E-state index in [0.29, 0.717) is 55.8 Å². The highest BCUT2D eigenvalue weighted by molar-refractivity contribution is 7.07. The fraction of sp³-hybridized carbons (Fsp3) is 0.355. The molecule has 2 aromatic carbocycles. The van der Waals surface area contributed by atoms with Crippen LogP contribution in [0.4, 0.5) is 0 Å². The number of rotatable bonds is 11. The molecular formula is C31H33N3O7S. The van der Waals surface area contributed by atoms with Crippen LogP contribution in [0, 0.1) is 11.3 Å². The molecule has 0 fully saturated rings. The summed E-state index contributed by atoms with van der Waals surface area (Å²) in [5, 5.41) is 8.88. The van der Waals surface area contributed by atoms with Gasteiger partial charge in [0, 0.05) is 0 Å². The summed E-state index contributed by atoms with van der Waals surface area (Å²) >= 11 is 1.22. The Morgan fingerprint density at radius 3 is 2.52 bits per heavy atom. The molecule has 0 N–H and O–H groups in total. The van der Waals surface area contributed by atoms with Crippen molar-refractivity contribution in [2.45, 2.75) is 46.8 Å². The Labute approximate surface area is 247 Å². The van der Waals surface area contributed by atoms with Crippen LogP contribution in [0.3, 0.4) is 0 Å². The third-order valence-electron chi connectivity index (χ3n) is 6.24. The number of carbonyl (C=O) groups excluding carboxylic acids is 1. The highest BCUT2D eigenvalue weighted by Crippen LogP contribution is 2.36. The first kappa shape index (κ1) is 30.4. The lowest BCUT2D eigenvalue weighted by Gasteiger charge is -2.25. The zero-order chi connectivity index (χ0) is 30.4.